The second-order valence-corrected chi connectivity index (χ2v) is 6.58. The highest BCUT2D eigenvalue weighted by Gasteiger charge is 2.37. The van der Waals surface area contributed by atoms with Crippen LogP contribution < -0.4 is 0 Å². The van der Waals surface area contributed by atoms with Crippen LogP contribution in [0.15, 0.2) is 23.0 Å². The monoisotopic (exact) mass is 333 g/mol. The topological polar surface area (TPSA) is 87.6 Å². The number of hydrogen-bond acceptors (Lipinski definition) is 6. The van der Waals surface area contributed by atoms with Crippen molar-refractivity contribution in [2.45, 2.75) is 19.5 Å². The Morgan fingerprint density at radius 3 is 2.83 bits per heavy atom. The molecule has 8 nitrogen and oxygen atoms in total. The van der Waals surface area contributed by atoms with E-state index >= 15 is 0 Å². The summed E-state index contributed by atoms with van der Waals surface area (Å²) in [6.45, 7) is 3.57. The highest BCUT2D eigenvalue weighted by atomic mass is 16.5. The van der Waals surface area contributed by atoms with E-state index in [4.69, 9.17) is 4.52 Å². The van der Waals surface area contributed by atoms with Gasteiger partial charge in [0.1, 0.15) is 6.54 Å². The Morgan fingerprint density at radius 1 is 1.46 bits per heavy atom. The zero-order valence-corrected chi connectivity index (χ0v) is 14.2. The molecule has 130 valence electrons. The lowest BCUT2D eigenvalue weighted by atomic mass is 10.0. The molecule has 24 heavy (non-hydrogen) atoms. The number of nitrogens with zero attached hydrogens (tertiary/aromatic N) is 5. The summed E-state index contributed by atoms with van der Waals surface area (Å²) in [4.78, 5) is 16.4. The maximum atomic E-state index is 12.6. The summed E-state index contributed by atoms with van der Waals surface area (Å²) in [5.41, 5.74) is 1.36. The maximum Gasteiger partial charge on any atom is 0.276 e. The summed E-state index contributed by atoms with van der Waals surface area (Å²) in [5.74, 6) is 0.482. The summed E-state index contributed by atoms with van der Waals surface area (Å²) < 4.78 is 7.01. The second-order valence-electron chi connectivity index (χ2n) is 6.58. The smallest absolute Gasteiger partial charge is 0.276 e. The van der Waals surface area contributed by atoms with E-state index in [1.807, 2.05) is 32.1 Å². The molecule has 0 bridgehead atoms. The largest absolute Gasteiger partial charge is 0.396 e. The van der Waals surface area contributed by atoms with E-state index in [9.17, 15) is 9.90 Å². The van der Waals surface area contributed by atoms with Gasteiger partial charge in [-0.25, -0.2) is 0 Å². The van der Waals surface area contributed by atoms with Crippen molar-refractivity contribution in [1.29, 1.82) is 0 Å². The second kappa shape index (κ2) is 6.74. The predicted octanol–water partition coefficient (Wildman–Crippen LogP) is 0.222. The molecular formula is C16H23N5O3. The lowest BCUT2D eigenvalue weighted by Gasteiger charge is -2.23. The Labute approximate surface area is 140 Å². The highest BCUT2D eigenvalue weighted by Crippen LogP contribution is 2.22. The van der Waals surface area contributed by atoms with Gasteiger partial charge in [0, 0.05) is 43.9 Å². The fourth-order valence-corrected chi connectivity index (χ4v) is 3.15. The van der Waals surface area contributed by atoms with Crippen LogP contribution in [0.3, 0.4) is 0 Å². The van der Waals surface area contributed by atoms with Gasteiger partial charge in [-0.2, -0.15) is 5.10 Å². The molecule has 2 aromatic rings. The molecule has 0 aromatic carbocycles. The fourth-order valence-electron chi connectivity index (χ4n) is 3.15. The van der Waals surface area contributed by atoms with Gasteiger partial charge in [-0.1, -0.05) is 5.16 Å². The molecule has 1 amide bonds. The Hall–Kier alpha value is -2.19. The lowest BCUT2D eigenvalue weighted by molar-refractivity contribution is 0.0768. The van der Waals surface area contributed by atoms with Gasteiger partial charge in [-0.15, -0.1) is 0 Å². The Balaban J connectivity index is 1.67. The van der Waals surface area contributed by atoms with Gasteiger partial charge in [0.05, 0.1) is 6.20 Å². The molecule has 1 saturated heterocycles. The fraction of sp³-hybridized carbons (Fsp3) is 0.562. The third-order valence-electron chi connectivity index (χ3n) is 4.45. The van der Waals surface area contributed by atoms with Crippen LogP contribution in [-0.2, 0) is 6.54 Å². The molecular weight excluding hydrogens is 310 g/mol. The van der Waals surface area contributed by atoms with Crippen LogP contribution in [-0.4, -0.2) is 75.6 Å². The number of likely N-dealkylation sites (tertiary alicyclic amines) is 1. The molecule has 3 heterocycles. The zero-order valence-electron chi connectivity index (χ0n) is 14.2. The minimum Gasteiger partial charge on any atom is -0.396 e. The molecule has 1 aliphatic heterocycles. The van der Waals surface area contributed by atoms with Crippen LogP contribution in [0.5, 0.6) is 0 Å². The first-order chi connectivity index (χ1) is 11.5. The quantitative estimate of drug-likeness (QED) is 0.842. The van der Waals surface area contributed by atoms with E-state index < -0.39 is 0 Å². The maximum absolute atomic E-state index is 12.6. The Morgan fingerprint density at radius 2 is 2.25 bits per heavy atom. The number of carbonyl (C=O) groups is 1. The molecule has 1 fully saturated rings. The number of aryl methyl sites for hydroxylation is 1. The van der Waals surface area contributed by atoms with Crippen LogP contribution in [0, 0.1) is 12.8 Å². The van der Waals surface area contributed by atoms with Gasteiger partial charge in [0.15, 0.2) is 11.5 Å². The molecule has 0 aliphatic carbocycles. The van der Waals surface area contributed by atoms with Gasteiger partial charge in [-0.05, 0) is 26.6 Å². The molecule has 0 saturated carbocycles. The SMILES string of the molecule is Cc1cnn(Cc2cc(C(=O)N3C[C@@H](CO)[C@H](N(C)C)C3)no2)c1. The molecule has 2 atom stereocenters. The third-order valence-corrected chi connectivity index (χ3v) is 4.45. The van der Waals surface area contributed by atoms with Gasteiger partial charge in [-0.3, -0.25) is 9.48 Å². The van der Waals surface area contributed by atoms with E-state index in [0.29, 0.717) is 31.1 Å². The molecule has 3 rings (SSSR count). The highest BCUT2D eigenvalue weighted by molar-refractivity contribution is 5.92. The number of likely N-dealkylation sites (N-methyl/N-ethyl adjacent to an activating group) is 1. The number of aromatic nitrogens is 3. The Kier molecular flexibility index (Phi) is 4.68. The van der Waals surface area contributed by atoms with Gasteiger partial charge in [0.2, 0.25) is 0 Å². The van der Waals surface area contributed by atoms with Gasteiger partial charge in [0.25, 0.3) is 5.91 Å². The summed E-state index contributed by atoms with van der Waals surface area (Å²) >= 11 is 0. The summed E-state index contributed by atoms with van der Waals surface area (Å²) in [6.07, 6.45) is 3.67. The van der Waals surface area contributed by atoms with Crippen LogP contribution in [0.4, 0.5) is 0 Å². The summed E-state index contributed by atoms with van der Waals surface area (Å²) in [7, 11) is 3.92. The normalized spacial score (nSPS) is 21.0. The number of carbonyl (C=O) groups excluding carboxylic acids is 1. The number of hydrogen-bond donors (Lipinski definition) is 1. The van der Waals surface area contributed by atoms with Crippen molar-refractivity contribution in [3.05, 3.63) is 35.5 Å². The zero-order chi connectivity index (χ0) is 17.3. The van der Waals surface area contributed by atoms with Crippen LogP contribution in [0.25, 0.3) is 0 Å². The van der Waals surface area contributed by atoms with Gasteiger partial charge < -0.3 is 19.4 Å². The van der Waals surface area contributed by atoms with E-state index in [-0.39, 0.29) is 24.5 Å². The lowest BCUT2D eigenvalue weighted by Crippen LogP contribution is -2.37. The van der Waals surface area contributed by atoms with Crippen molar-refractivity contribution >= 4 is 5.91 Å². The molecule has 1 N–H and O–H groups in total. The van der Waals surface area contributed by atoms with Crippen molar-refractivity contribution in [1.82, 2.24) is 24.7 Å². The average molecular weight is 333 g/mol. The number of amides is 1. The minimum absolute atomic E-state index is 0.0578. The molecule has 0 unspecified atom stereocenters. The number of rotatable bonds is 5. The van der Waals surface area contributed by atoms with Crippen molar-refractivity contribution in [3.63, 3.8) is 0 Å². The van der Waals surface area contributed by atoms with Crippen molar-refractivity contribution in [2.24, 2.45) is 5.92 Å². The number of aliphatic hydroxyl groups is 1. The third kappa shape index (κ3) is 3.34. The summed E-state index contributed by atoms with van der Waals surface area (Å²) in [6, 6.07) is 1.81. The first kappa shape index (κ1) is 16.7. The molecule has 2 aromatic heterocycles. The minimum atomic E-state index is -0.163. The summed E-state index contributed by atoms with van der Waals surface area (Å²) in [5, 5.41) is 17.6. The van der Waals surface area contributed by atoms with E-state index in [0.717, 1.165) is 5.56 Å². The first-order valence-corrected chi connectivity index (χ1v) is 7.99. The first-order valence-electron chi connectivity index (χ1n) is 7.99. The molecule has 1 aliphatic rings. The van der Waals surface area contributed by atoms with Crippen LogP contribution in [0.1, 0.15) is 21.8 Å². The van der Waals surface area contributed by atoms with Gasteiger partial charge >= 0.3 is 0 Å². The standard InChI is InChI=1S/C16H23N5O3/c1-11-5-17-21(6-11)8-13-4-14(18-24-13)16(23)20-7-12(10-22)15(9-20)19(2)3/h4-6,12,15,22H,7-10H2,1-3H3/t12-,15+/m0/s1. The molecule has 8 heteroatoms. The van der Waals surface area contributed by atoms with Crippen molar-refractivity contribution in [2.75, 3.05) is 33.8 Å². The Bertz CT molecular complexity index is 708. The van der Waals surface area contributed by atoms with Crippen molar-refractivity contribution in [3.8, 4) is 0 Å². The van der Waals surface area contributed by atoms with E-state index in [1.54, 1.807) is 21.8 Å². The van der Waals surface area contributed by atoms with E-state index in [1.165, 1.54) is 0 Å². The average Bonchev–Trinajstić information content (AvgIpc) is 3.26. The number of aliphatic hydroxyl groups excluding tert-OH is 1. The van der Waals surface area contributed by atoms with E-state index in [2.05, 4.69) is 10.3 Å². The van der Waals surface area contributed by atoms with Crippen LogP contribution in [0.2, 0.25) is 0 Å². The molecule has 0 spiro atoms. The van der Waals surface area contributed by atoms with Crippen LogP contribution >= 0.6 is 0 Å². The van der Waals surface area contributed by atoms with Crippen molar-refractivity contribution < 1.29 is 14.4 Å². The predicted molar refractivity (Wildman–Crippen MR) is 86.5 cm³/mol. The molecule has 0 radical (unpaired) electrons.